The van der Waals surface area contributed by atoms with Crippen LogP contribution in [0.25, 0.3) is 0 Å². The summed E-state index contributed by atoms with van der Waals surface area (Å²) < 4.78 is 6.02. The van der Waals surface area contributed by atoms with Crippen molar-refractivity contribution in [2.24, 2.45) is 0 Å². The van der Waals surface area contributed by atoms with Crippen molar-refractivity contribution in [3.8, 4) is 5.75 Å². The zero-order valence-corrected chi connectivity index (χ0v) is 14.9. The summed E-state index contributed by atoms with van der Waals surface area (Å²) in [6.45, 7) is 0. The third-order valence-electron chi connectivity index (χ3n) is 3.34. The first-order valence-corrected chi connectivity index (χ1v) is 8.25. The van der Waals surface area contributed by atoms with Crippen molar-refractivity contribution in [3.63, 3.8) is 0 Å². The second-order valence-electron chi connectivity index (χ2n) is 5.13. The van der Waals surface area contributed by atoms with Crippen LogP contribution in [0, 0.1) is 0 Å². The minimum absolute atomic E-state index is 0.246. The maximum absolute atomic E-state index is 12.2. The van der Waals surface area contributed by atoms with Gasteiger partial charge >= 0.3 is 0 Å². The van der Waals surface area contributed by atoms with Crippen molar-refractivity contribution >= 4 is 39.2 Å². The zero-order valence-electron chi connectivity index (χ0n) is 13.4. The molecule has 0 radical (unpaired) electrons. The molecule has 1 heterocycles. The normalized spacial score (nSPS) is 10.2. The van der Waals surface area contributed by atoms with Gasteiger partial charge in [0.15, 0.2) is 11.6 Å². The van der Waals surface area contributed by atoms with Gasteiger partial charge in [-0.3, -0.25) is 4.79 Å². The molecule has 0 unspecified atom stereocenters. The molecular weight excluding hydrogens is 384 g/mol. The van der Waals surface area contributed by atoms with Gasteiger partial charge in [-0.2, -0.15) is 0 Å². The van der Waals surface area contributed by atoms with Gasteiger partial charge in [-0.1, -0.05) is 28.1 Å². The molecule has 7 heteroatoms. The Morgan fingerprint density at radius 3 is 2.48 bits per heavy atom. The molecule has 1 amide bonds. The van der Waals surface area contributed by atoms with Crippen molar-refractivity contribution in [2.45, 2.75) is 0 Å². The average Bonchev–Trinajstić information content (AvgIpc) is 2.63. The van der Waals surface area contributed by atoms with Gasteiger partial charge in [-0.25, -0.2) is 0 Å². The lowest BCUT2D eigenvalue weighted by molar-refractivity contribution is 0.102. The first kappa shape index (κ1) is 16.9. The predicted octanol–water partition coefficient (Wildman–Crippen LogP) is 4.24. The molecule has 0 spiro atoms. The largest absolute Gasteiger partial charge is 0.497 e. The lowest BCUT2D eigenvalue weighted by atomic mass is 10.2. The minimum Gasteiger partial charge on any atom is -0.497 e. The van der Waals surface area contributed by atoms with Crippen molar-refractivity contribution in [1.82, 2.24) is 10.2 Å². The molecule has 3 rings (SSSR count). The number of carbonyl (C=O) groups is 1. The Kier molecular flexibility index (Phi) is 5.25. The van der Waals surface area contributed by atoms with E-state index < -0.39 is 0 Å². The van der Waals surface area contributed by atoms with E-state index in [0.717, 1.165) is 15.9 Å². The molecule has 0 saturated heterocycles. The van der Waals surface area contributed by atoms with Gasteiger partial charge in [0, 0.05) is 21.8 Å². The molecule has 0 aliphatic heterocycles. The molecule has 0 atom stereocenters. The van der Waals surface area contributed by atoms with E-state index in [1.165, 1.54) is 0 Å². The highest BCUT2D eigenvalue weighted by Gasteiger charge is 2.08. The molecule has 6 nitrogen and oxygen atoms in total. The van der Waals surface area contributed by atoms with E-state index in [1.54, 1.807) is 37.4 Å². The molecule has 25 heavy (non-hydrogen) atoms. The van der Waals surface area contributed by atoms with Crippen molar-refractivity contribution in [1.29, 1.82) is 0 Å². The minimum atomic E-state index is -0.246. The maximum Gasteiger partial charge on any atom is 0.256 e. The number of hydrogen-bond donors (Lipinski definition) is 2. The van der Waals surface area contributed by atoms with Crippen LogP contribution in [0.15, 0.2) is 65.1 Å². The summed E-state index contributed by atoms with van der Waals surface area (Å²) in [7, 11) is 1.61. The first-order valence-electron chi connectivity index (χ1n) is 7.46. The lowest BCUT2D eigenvalue weighted by Crippen LogP contribution is -2.13. The van der Waals surface area contributed by atoms with Crippen LogP contribution in [0.1, 0.15) is 10.4 Å². The van der Waals surface area contributed by atoms with Gasteiger partial charge in [-0.05, 0) is 42.5 Å². The Hall–Kier alpha value is -2.93. The molecule has 2 aromatic carbocycles. The number of hydrogen-bond acceptors (Lipinski definition) is 5. The van der Waals surface area contributed by atoms with Gasteiger partial charge in [0.1, 0.15) is 5.75 Å². The van der Waals surface area contributed by atoms with Crippen LogP contribution in [-0.4, -0.2) is 23.2 Å². The zero-order chi connectivity index (χ0) is 17.6. The monoisotopic (exact) mass is 398 g/mol. The molecule has 0 fully saturated rings. The van der Waals surface area contributed by atoms with Gasteiger partial charge in [-0.15, -0.1) is 10.2 Å². The number of ether oxygens (including phenoxy) is 1. The summed E-state index contributed by atoms with van der Waals surface area (Å²) in [6, 6.07) is 18.0. The van der Waals surface area contributed by atoms with E-state index in [2.05, 4.69) is 36.8 Å². The number of anilines is 3. The average molecular weight is 399 g/mol. The SMILES string of the molecule is COc1cccc(Nc2ccc(NC(=O)c3cccc(Br)c3)nn2)c1. The van der Waals surface area contributed by atoms with Gasteiger partial charge in [0.05, 0.1) is 7.11 Å². The number of aromatic nitrogens is 2. The van der Waals surface area contributed by atoms with Crippen molar-refractivity contribution in [2.75, 3.05) is 17.7 Å². The Balaban J connectivity index is 1.66. The summed E-state index contributed by atoms with van der Waals surface area (Å²) in [6.07, 6.45) is 0. The Morgan fingerprint density at radius 1 is 1.00 bits per heavy atom. The number of nitrogens with one attached hydrogen (secondary N) is 2. The number of amides is 1. The van der Waals surface area contributed by atoms with E-state index in [4.69, 9.17) is 4.74 Å². The van der Waals surface area contributed by atoms with E-state index in [0.29, 0.717) is 17.2 Å². The summed E-state index contributed by atoms with van der Waals surface area (Å²) in [5.74, 6) is 1.44. The fourth-order valence-corrected chi connectivity index (χ4v) is 2.53. The first-order chi connectivity index (χ1) is 12.1. The summed E-state index contributed by atoms with van der Waals surface area (Å²) >= 11 is 3.34. The Morgan fingerprint density at radius 2 is 1.76 bits per heavy atom. The van der Waals surface area contributed by atoms with Crippen LogP contribution >= 0.6 is 15.9 Å². The third-order valence-corrected chi connectivity index (χ3v) is 3.83. The van der Waals surface area contributed by atoms with Crippen LogP contribution in [0.3, 0.4) is 0 Å². The maximum atomic E-state index is 12.2. The fraction of sp³-hybridized carbons (Fsp3) is 0.0556. The Bertz CT molecular complexity index is 884. The van der Waals surface area contributed by atoms with Crippen LogP contribution < -0.4 is 15.4 Å². The second-order valence-corrected chi connectivity index (χ2v) is 6.04. The van der Waals surface area contributed by atoms with Crippen molar-refractivity contribution in [3.05, 3.63) is 70.7 Å². The van der Waals surface area contributed by atoms with E-state index in [9.17, 15) is 4.79 Å². The molecule has 0 aliphatic carbocycles. The second kappa shape index (κ2) is 7.76. The van der Waals surface area contributed by atoms with Gasteiger partial charge in [0.2, 0.25) is 0 Å². The van der Waals surface area contributed by atoms with E-state index in [-0.39, 0.29) is 5.91 Å². The highest BCUT2D eigenvalue weighted by atomic mass is 79.9. The molecule has 0 saturated carbocycles. The molecule has 2 N–H and O–H groups in total. The predicted molar refractivity (Wildman–Crippen MR) is 100 cm³/mol. The van der Waals surface area contributed by atoms with Crippen LogP contribution in [-0.2, 0) is 0 Å². The number of rotatable bonds is 5. The number of carbonyl (C=O) groups excluding carboxylic acids is 1. The molecule has 3 aromatic rings. The van der Waals surface area contributed by atoms with Crippen molar-refractivity contribution < 1.29 is 9.53 Å². The smallest absolute Gasteiger partial charge is 0.256 e. The highest BCUT2D eigenvalue weighted by molar-refractivity contribution is 9.10. The Labute approximate surface area is 153 Å². The molecule has 0 bridgehead atoms. The quantitative estimate of drug-likeness (QED) is 0.671. The molecule has 1 aromatic heterocycles. The summed E-state index contributed by atoms with van der Waals surface area (Å²) in [5.41, 5.74) is 1.37. The van der Waals surface area contributed by atoms with E-state index >= 15 is 0 Å². The number of benzene rings is 2. The standard InChI is InChI=1S/C18H15BrN4O2/c1-25-15-7-3-6-14(11-15)20-16-8-9-17(23-22-16)21-18(24)12-4-2-5-13(19)10-12/h2-11H,1H3,(H,20,22)(H,21,23,24). The highest BCUT2D eigenvalue weighted by Crippen LogP contribution is 2.20. The number of halogens is 1. The third kappa shape index (κ3) is 4.54. The van der Waals surface area contributed by atoms with Crippen LogP contribution in [0.2, 0.25) is 0 Å². The molecule has 0 aliphatic rings. The van der Waals surface area contributed by atoms with Crippen LogP contribution in [0.4, 0.5) is 17.3 Å². The topological polar surface area (TPSA) is 76.1 Å². The number of nitrogens with zero attached hydrogens (tertiary/aromatic N) is 2. The van der Waals surface area contributed by atoms with Crippen LogP contribution in [0.5, 0.6) is 5.75 Å². The molecule has 126 valence electrons. The lowest BCUT2D eigenvalue weighted by Gasteiger charge is -2.08. The fourth-order valence-electron chi connectivity index (χ4n) is 2.13. The number of methoxy groups -OCH3 is 1. The summed E-state index contributed by atoms with van der Waals surface area (Å²) in [5, 5.41) is 13.9. The van der Waals surface area contributed by atoms with Gasteiger partial charge in [0.25, 0.3) is 5.91 Å². The van der Waals surface area contributed by atoms with Gasteiger partial charge < -0.3 is 15.4 Å². The molecular formula is C18H15BrN4O2. The summed E-state index contributed by atoms with van der Waals surface area (Å²) in [4.78, 5) is 12.2. The van der Waals surface area contributed by atoms with E-state index in [1.807, 2.05) is 30.3 Å².